The third-order valence-corrected chi connectivity index (χ3v) is 9.19. The van der Waals surface area contributed by atoms with Gasteiger partial charge >= 0.3 is 0 Å². The molecule has 0 unspecified atom stereocenters. The number of likely N-dealkylation sites (tertiary alicyclic amines) is 1. The molecular weight excluding hydrogens is 362 g/mol. The molecule has 0 bridgehead atoms. The van der Waals surface area contributed by atoms with E-state index in [-0.39, 0.29) is 11.6 Å². The van der Waals surface area contributed by atoms with Crippen LogP contribution in [0, 0.1) is 29.1 Å². The first-order valence-corrected chi connectivity index (χ1v) is 12.2. The van der Waals surface area contributed by atoms with Crippen molar-refractivity contribution in [1.29, 1.82) is 0 Å². The Labute approximate surface area is 177 Å². The number of rotatable bonds is 6. The van der Waals surface area contributed by atoms with E-state index >= 15 is 0 Å². The van der Waals surface area contributed by atoms with E-state index in [4.69, 9.17) is 0 Å². The summed E-state index contributed by atoms with van der Waals surface area (Å²) in [6.45, 7) is 16.7. The smallest absolute Gasteiger partial charge is 0.0588 e. The highest BCUT2D eigenvalue weighted by atomic mass is 32.2. The van der Waals surface area contributed by atoms with Gasteiger partial charge in [-0.2, -0.15) is 0 Å². The minimum Gasteiger partial charge on any atom is -0.393 e. The van der Waals surface area contributed by atoms with Gasteiger partial charge in [-0.1, -0.05) is 52.3 Å². The SMILES string of the molecule is CC(C)[C@H]1CN(C(C)(C)[C@@H]2CC[C@@H](C)C[C@H]2O)C[C@]1(C)CSc1ccccc1. The lowest BCUT2D eigenvalue weighted by molar-refractivity contribution is -0.0397. The number of hydrogen-bond donors (Lipinski definition) is 1. The fourth-order valence-corrected chi connectivity index (χ4v) is 7.01. The zero-order chi connectivity index (χ0) is 20.5. The molecule has 1 N–H and O–H groups in total. The van der Waals surface area contributed by atoms with E-state index in [1.54, 1.807) is 0 Å². The third kappa shape index (κ3) is 4.63. The van der Waals surface area contributed by atoms with E-state index in [0.717, 1.165) is 31.7 Å². The maximum absolute atomic E-state index is 10.9. The maximum atomic E-state index is 10.9. The van der Waals surface area contributed by atoms with Crippen molar-refractivity contribution in [2.45, 2.75) is 77.3 Å². The van der Waals surface area contributed by atoms with Crippen molar-refractivity contribution in [2.75, 3.05) is 18.8 Å². The van der Waals surface area contributed by atoms with Gasteiger partial charge in [-0.15, -0.1) is 11.8 Å². The highest BCUT2D eigenvalue weighted by Crippen LogP contribution is 2.48. The molecule has 0 aromatic heterocycles. The Morgan fingerprint density at radius 2 is 1.89 bits per heavy atom. The molecule has 5 atom stereocenters. The fraction of sp³-hybridized carbons (Fsp3) is 0.760. The number of nitrogens with zero attached hydrogens (tertiary/aromatic N) is 1. The largest absolute Gasteiger partial charge is 0.393 e. The molecule has 1 aliphatic carbocycles. The number of benzene rings is 1. The molecule has 1 aliphatic heterocycles. The van der Waals surface area contributed by atoms with Crippen LogP contribution in [0.5, 0.6) is 0 Å². The Hall–Kier alpha value is -0.510. The monoisotopic (exact) mass is 403 g/mol. The van der Waals surface area contributed by atoms with Crippen LogP contribution in [0.2, 0.25) is 0 Å². The molecule has 1 saturated carbocycles. The van der Waals surface area contributed by atoms with Crippen LogP contribution in [0.4, 0.5) is 0 Å². The van der Waals surface area contributed by atoms with Crippen LogP contribution < -0.4 is 0 Å². The predicted octanol–water partition coefficient (Wildman–Crippen LogP) is 5.95. The lowest BCUT2D eigenvalue weighted by Gasteiger charge is -2.47. The predicted molar refractivity (Wildman–Crippen MR) is 122 cm³/mol. The molecule has 3 heteroatoms. The van der Waals surface area contributed by atoms with Crippen molar-refractivity contribution in [3.8, 4) is 0 Å². The topological polar surface area (TPSA) is 23.5 Å². The number of thioether (sulfide) groups is 1. The van der Waals surface area contributed by atoms with Crippen molar-refractivity contribution in [3.05, 3.63) is 30.3 Å². The molecule has 1 aromatic rings. The zero-order valence-corrected chi connectivity index (χ0v) is 19.6. The summed E-state index contributed by atoms with van der Waals surface area (Å²) >= 11 is 2.01. The van der Waals surface area contributed by atoms with Gasteiger partial charge in [0.25, 0.3) is 0 Å². The first-order valence-electron chi connectivity index (χ1n) is 11.2. The number of aliphatic hydroxyl groups is 1. The second-order valence-electron chi connectivity index (χ2n) is 10.7. The van der Waals surface area contributed by atoms with Crippen LogP contribution in [-0.4, -0.2) is 40.5 Å². The summed E-state index contributed by atoms with van der Waals surface area (Å²) in [5.74, 6) is 3.59. The Kier molecular flexibility index (Phi) is 6.89. The minimum absolute atomic E-state index is 0.0574. The van der Waals surface area contributed by atoms with Crippen LogP contribution in [0.1, 0.15) is 60.8 Å². The molecule has 158 valence electrons. The second-order valence-corrected chi connectivity index (χ2v) is 11.8. The number of aliphatic hydroxyl groups excluding tert-OH is 1. The van der Waals surface area contributed by atoms with Gasteiger partial charge in [-0.05, 0) is 62.0 Å². The molecule has 1 aromatic carbocycles. The summed E-state index contributed by atoms with van der Waals surface area (Å²) in [6, 6.07) is 10.8. The van der Waals surface area contributed by atoms with Crippen LogP contribution >= 0.6 is 11.8 Å². The van der Waals surface area contributed by atoms with E-state index in [2.05, 4.69) is 76.8 Å². The van der Waals surface area contributed by atoms with Gasteiger partial charge < -0.3 is 5.11 Å². The maximum Gasteiger partial charge on any atom is 0.0588 e. The Bertz CT molecular complexity index is 631. The highest BCUT2D eigenvalue weighted by Gasteiger charge is 2.51. The van der Waals surface area contributed by atoms with E-state index in [9.17, 15) is 5.11 Å². The van der Waals surface area contributed by atoms with E-state index in [1.165, 1.54) is 11.3 Å². The summed E-state index contributed by atoms with van der Waals surface area (Å²) in [5.41, 5.74) is 0.362. The van der Waals surface area contributed by atoms with Gasteiger partial charge in [-0.25, -0.2) is 0 Å². The van der Waals surface area contributed by atoms with Gasteiger partial charge in [0.05, 0.1) is 6.10 Å². The van der Waals surface area contributed by atoms with Crippen molar-refractivity contribution in [1.82, 2.24) is 4.90 Å². The Balaban J connectivity index is 1.74. The molecule has 0 radical (unpaired) electrons. The van der Waals surface area contributed by atoms with Crippen LogP contribution in [-0.2, 0) is 0 Å². The zero-order valence-electron chi connectivity index (χ0n) is 18.8. The van der Waals surface area contributed by atoms with Crippen LogP contribution in [0.15, 0.2) is 35.2 Å². The molecule has 2 fully saturated rings. The van der Waals surface area contributed by atoms with Gasteiger partial charge in [0.2, 0.25) is 0 Å². The molecule has 2 aliphatic rings. The fourth-order valence-electron chi connectivity index (χ4n) is 5.86. The summed E-state index contributed by atoms with van der Waals surface area (Å²) in [4.78, 5) is 4.10. The summed E-state index contributed by atoms with van der Waals surface area (Å²) in [5, 5.41) is 10.9. The van der Waals surface area contributed by atoms with Crippen molar-refractivity contribution < 1.29 is 5.11 Å². The molecule has 0 amide bonds. The first-order chi connectivity index (χ1) is 13.1. The molecular formula is C25H41NOS. The van der Waals surface area contributed by atoms with Crippen LogP contribution in [0.25, 0.3) is 0 Å². The van der Waals surface area contributed by atoms with Gasteiger partial charge in [0.1, 0.15) is 0 Å². The molecule has 0 spiro atoms. The Morgan fingerprint density at radius 1 is 1.21 bits per heavy atom. The van der Waals surface area contributed by atoms with E-state index in [1.807, 2.05) is 11.8 Å². The standard InChI is InChI=1S/C25H41NOS/c1-18(2)22-15-26(24(4,5)21-13-12-19(3)14-23(21)27)16-25(22,6)17-28-20-10-8-7-9-11-20/h7-11,18-19,21-23,27H,12-17H2,1-6H3/t19-,21-,22-,23-,25-/m1/s1. The van der Waals surface area contributed by atoms with Crippen molar-refractivity contribution in [3.63, 3.8) is 0 Å². The van der Waals surface area contributed by atoms with E-state index < -0.39 is 0 Å². The molecule has 1 saturated heterocycles. The summed E-state index contributed by atoms with van der Waals surface area (Å²) in [7, 11) is 0. The second kappa shape index (κ2) is 8.70. The van der Waals surface area contributed by atoms with Crippen LogP contribution in [0.3, 0.4) is 0 Å². The Morgan fingerprint density at radius 3 is 2.50 bits per heavy atom. The average Bonchev–Trinajstić information content (AvgIpc) is 3.00. The number of hydrogen-bond acceptors (Lipinski definition) is 3. The van der Waals surface area contributed by atoms with Gasteiger partial charge in [0, 0.05) is 35.2 Å². The first kappa shape index (κ1) is 22.2. The van der Waals surface area contributed by atoms with Gasteiger partial charge in [0.15, 0.2) is 0 Å². The van der Waals surface area contributed by atoms with Gasteiger partial charge in [-0.3, -0.25) is 4.90 Å². The average molecular weight is 404 g/mol. The molecule has 1 heterocycles. The molecule has 2 nitrogen and oxygen atoms in total. The molecule has 3 rings (SSSR count). The quantitative estimate of drug-likeness (QED) is 0.594. The molecule has 28 heavy (non-hydrogen) atoms. The lowest BCUT2D eigenvalue weighted by atomic mass is 9.71. The van der Waals surface area contributed by atoms with E-state index in [0.29, 0.717) is 29.1 Å². The van der Waals surface area contributed by atoms with Crippen molar-refractivity contribution in [2.24, 2.45) is 29.1 Å². The summed E-state index contributed by atoms with van der Waals surface area (Å²) in [6.07, 6.45) is 3.24. The third-order valence-electron chi connectivity index (χ3n) is 7.78. The summed E-state index contributed by atoms with van der Waals surface area (Å²) < 4.78 is 0. The minimum atomic E-state index is -0.151. The van der Waals surface area contributed by atoms with Crippen molar-refractivity contribution >= 4 is 11.8 Å². The lowest BCUT2D eigenvalue weighted by Crippen LogP contribution is -2.54. The highest BCUT2D eigenvalue weighted by molar-refractivity contribution is 7.99. The normalized spacial score (nSPS) is 34.9.